The van der Waals surface area contributed by atoms with E-state index in [4.69, 9.17) is 12.2 Å². The fourth-order valence-corrected chi connectivity index (χ4v) is 2.36. The van der Waals surface area contributed by atoms with E-state index in [0.29, 0.717) is 5.11 Å². The Bertz CT molecular complexity index is 610. The molecule has 1 atom stereocenters. The summed E-state index contributed by atoms with van der Waals surface area (Å²) in [6.07, 6.45) is 0.988. The third-order valence-corrected chi connectivity index (χ3v) is 3.53. The molecule has 0 aliphatic heterocycles. The van der Waals surface area contributed by atoms with Gasteiger partial charge in [-0.15, -0.1) is 0 Å². The van der Waals surface area contributed by atoms with Crippen LogP contribution in [-0.4, -0.2) is 5.11 Å². The van der Waals surface area contributed by atoms with E-state index in [9.17, 15) is 4.39 Å². The Labute approximate surface area is 130 Å². The number of hydrogen-bond donors (Lipinski definition) is 2. The molecule has 0 bridgehead atoms. The van der Waals surface area contributed by atoms with Crippen LogP contribution in [0.25, 0.3) is 0 Å². The molecule has 0 radical (unpaired) electrons. The Morgan fingerprint density at radius 1 is 1.19 bits per heavy atom. The fraction of sp³-hybridized carbons (Fsp3) is 0.235. The van der Waals surface area contributed by atoms with E-state index in [-0.39, 0.29) is 11.9 Å². The summed E-state index contributed by atoms with van der Waals surface area (Å²) in [6.45, 7) is 4.11. The summed E-state index contributed by atoms with van der Waals surface area (Å²) in [4.78, 5) is 0. The first-order chi connectivity index (χ1) is 10.1. The molecule has 21 heavy (non-hydrogen) atoms. The molecule has 0 aliphatic rings. The molecule has 0 aromatic heterocycles. The van der Waals surface area contributed by atoms with E-state index in [0.717, 1.165) is 17.7 Å². The number of aryl methyl sites for hydroxylation is 1. The molecule has 0 fully saturated rings. The number of benzene rings is 2. The molecule has 0 heterocycles. The van der Waals surface area contributed by atoms with Crippen molar-refractivity contribution in [2.75, 3.05) is 5.32 Å². The number of halogens is 1. The largest absolute Gasteiger partial charge is 0.356 e. The smallest absolute Gasteiger partial charge is 0.171 e. The zero-order chi connectivity index (χ0) is 15.2. The summed E-state index contributed by atoms with van der Waals surface area (Å²) in [5.41, 5.74) is 3.22. The number of rotatable bonds is 4. The Hall–Kier alpha value is -1.94. The van der Waals surface area contributed by atoms with Crippen LogP contribution in [0.5, 0.6) is 0 Å². The summed E-state index contributed by atoms with van der Waals surface area (Å²) in [5, 5.41) is 6.93. The van der Waals surface area contributed by atoms with Gasteiger partial charge in [0.15, 0.2) is 5.11 Å². The monoisotopic (exact) mass is 302 g/mol. The van der Waals surface area contributed by atoms with Crippen LogP contribution >= 0.6 is 12.2 Å². The Morgan fingerprint density at radius 3 is 2.57 bits per heavy atom. The number of nitrogens with one attached hydrogen (secondary N) is 2. The topological polar surface area (TPSA) is 24.1 Å². The summed E-state index contributed by atoms with van der Waals surface area (Å²) < 4.78 is 12.9. The van der Waals surface area contributed by atoms with Crippen molar-refractivity contribution < 1.29 is 4.39 Å². The summed E-state index contributed by atoms with van der Waals surface area (Å²) >= 11 is 5.32. The first kappa shape index (κ1) is 15.4. The maximum Gasteiger partial charge on any atom is 0.171 e. The Morgan fingerprint density at radius 2 is 1.90 bits per heavy atom. The molecule has 2 nitrogen and oxygen atoms in total. The van der Waals surface area contributed by atoms with Gasteiger partial charge in [-0.05, 0) is 61.0 Å². The first-order valence-corrected chi connectivity index (χ1v) is 7.41. The van der Waals surface area contributed by atoms with Crippen molar-refractivity contribution in [3.05, 3.63) is 65.5 Å². The van der Waals surface area contributed by atoms with E-state index in [1.165, 1.54) is 17.7 Å². The highest BCUT2D eigenvalue weighted by atomic mass is 32.1. The van der Waals surface area contributed by atoms with Crippen LogP contribution in [0, 0.1) is 5.82 Å². The molecule has 0 unspecified atom stereocenters. The van der Waals surface area contributed by atoms with Crippen molar-refractivity contribution in [1.82, 2.24) is 5.32 Å². The molecule has 4 heteroatoms. The van der Waals surface area contributed by atoms with Gasteiger partial charge >= 0.3 is 0 Å². The molecule has 2 N–H and O–H groups in total. The number of anilines is 1. The molecule has 0 spiro atoms. The first-order valence-electron chi connectivity index (χ1n) is 7.00. The fourth-order valence-electron chi connectivity index (χ4n) is 2.07. The minimum Gasteiger partial charge on any atom is -0.356 e. The van der Waals surface area contributed by atoms with E-state index in [1.807, 2.05) is 19.1 Å². The molecular weight excluding hydrogens is 283 g/mol. The van der Waals surface area contributed by atoms with Crippen LogP contribution in [0.2, 0.25) is 0 Å². The zero-order valence-corrected chi connectivity index (χ0v) is 13.0. The highest BCUT2D eigenvalue weighted by molar-refractivity contribution is 7.80. The maximum atomic E-state index is 12.9. The van der Waals surface area contributed by atoms with Gasteiger partial charge in [-0.1, -0.05) is 31.2 Å². The lowest BCUT2D eigenvalue weighted by atomic mass is 10.1. The van der Waals surface area contributed by atoms with Crippen LogP contribution < -0.4 is 10.6 Å². The lowest BCUT2D eigenvalue weighted by Crippen LogP contribution is -2.30. The van der Waals surface area contributed by atoms with Crippen molar-refractivity contribution in [2.24, 2.45) is 0 Å². The van der Waals surface area contributed by atoms with Gasteiger partial charge in [-0.2, -0.15) is 0 Å². The third kappa shape index (κ3) is 4.53. The highest BCUT2D eigenvalue weighted by Gasteiger charge is 2.07. The standard InChI is InChI=1S/C17H19FN2S/c1-3-13-5-4-6-16(11-13)20-17(21)19-12(2)14-7-9-15(18)10-8-14/h4-12H,3H2,1-2H3,(H2,19,20,21)/t12-/m0/s1. The van der Waals surface area contributed by atoms with Crippen molar-refractivity contribution in [3.8, 4) is 0 Å². The molecule has 2 rings (SSSR count). The van der Waals surface area contributed by atoms with Crippen molar-refractivity contribution >= 4 is 23.0 Å². The van der Waals surface area contributed by atoms with Gasteiger partial charge in [0.05, 0.1) is 6.04 Å². The number of hydrogen-bond acceptors (Lipinski definition) is 1. The van der Waals surface area contributed by atoms with E-state index < -0.39 is 0 Å². The molecule has 110 valence electrons. The van der Waals surface area contributed by atoms with E-state index in [1.54, 1.807) is 12.1 Å². The van der Waals surface area contributed by atoms with Crippen LogP contribution in [0.3, 0.4) is 0 Å². The normalized spacial score (nSPS) is 11.8. The second kappa shape index (κ2) is 7.18. The molecule has 2 aromatic rings. The van der Waals surface area contributed by atoms with Gasteiger partial charge in [-0.3, -0.25) is 0 Å². The van der Waals surface area contributed by atoms with Gasteiger partial charge < -0.3 is 10.6 Å². The van der Waals surface area contributed by atoms with E-state index in [2.05, 4.69) is 29.7 Å². The van der Waals surface area contributed by atoms with Gasteiger partial charge in [-0.25, -0.2) is 4.39 Å². The van der Waals surface area contributed by atoms with Crippen molar-refractivity contribution in [1.29, 1.82) is 0 Å². The summed E-state index contributed by atoms with van der Waals surface area (Å²) in [6, 6.07) is 14.6. The van der Waals surface area contributed by atoms with Crippen molar-refractivity contribution in [3.63, 3.8) is 0 Å². The molecule has 0 aliphatic carbocycles. The molecule has 0 saturated heterocycles. The molecule has 0 amide bonds. The van der Waals surface area contributed by atoms with Crippen molar-refractivity contribution in [2.45, 2.75) is 26.3 Å². The van der Waals surface area contributed by atoms with Crippen LogP contribution in [0.15, 0.2) is 48.5 Å². The average molecular weight is 302 g/mol. The predicted octanol–water partition coefficient (Wildman–Crippen LogP) is 4.44. The zero-order valence-electron chi connectivity index (χ0n) is 12.2. The summed E-state index contributed by atoms with van der Waals surface area (Å²) in [5.74, 6) is -0.233. The second-order valence-corrected chi connectivity index (χ2v) is 5.33. The molecule has 0 saturated carbocycles. The predicted molar refractivity (Wildman–Crippen MR) is 90.0 cm³/mol. The van der Waals surface area contributed by atoms with Gasteiger partial charge in [0.2, 0.25) is 0 Å². The highest BCUT2D eigenvalue weighted by Crippen LogP contribution is 2.14. The van der Waals surface area contributed by atoms with E-state index >= 15 is 0 Å². The number of thiocarbonyl (C=S) groups is 1. The van der Waals surface area contributed by atoms with Crippen LogP contribution in [0.1, 0.15) is 31.0 Å². The van der Waals surface area contributed by atoms with Crippen LogP contribution in [0.4, 0.5) is 10.1 Å². The average Bonchev–Trinajstić information content (AvgIpc) is 2.47. The minimum atomic E-state index is -0.233. The van der Waals surface area contributed by atoms with Gasteiger partial charge in [0.25, 0.3) is 0 Å². The maximum absolute atomic E-state index is 12.9. The van der Waals surface area contributed by atoms with Gasteiger partial charge in [0, 0.05) is 5.69 Å². The minimum absolute atomic E-state index is 0.0138. The molecule has 2 aromatic carbocycles. The molecular formula is C17H19FN2S. The van der Waals surface area contributed by atoms with Crippen LogP contribution in [-0.2, 0) is 6.42 Å². The summed E-state index contributed by atoms with van der Waals surface area (Å²) in [7, 11) is 0. The third-order valence-electron chi connectivity index (χ3n) is 3.31. The SMILES string of the molecule is CCc1cccc(NC(=S)N[C@@H](C)c2ccc(F)cc2)c1. The van der Waals surface area contributed by atoms with Gasteiger partial charge in [0.1, 0.15) is 5.82 Å². The quantitative estimate of drug-likeness (QED) is 0.817. The second-order valence-electron chi connectivity index (χ2n) is 4.93. The Balaban J connectivity index is 1.96. The Kier molecular flexibility index (Phi) is 5.28. The lowest BCUT2D eigenvalue weighted by molar-refractivity contribution is 0.624. The lowest BCUT2D eigenvalue weighted by Gasteiger charge is -2.17.